The summed E-state index contributed by atoms with van der Waals surface area (Å²) in [5.41, 5.74) is 4.38. The second-order valence-electron chi connectivity index (χ2n) is 8.50. The zero-order valence-corrected chi connectivity index (χ0v) is 19.2. The highest BCUT2D eigenvalue weighted by atomic mass is 16.5. The van der Waals surface area contributed by atoms with Crippen LogP contribution in [0, 0.1) is 0 Å². The van der Waals surface area contributed by atoms with Crippen molar-refractivity contribution in [2.45, 2.75) is 25.3 Å². The molecule has 1 aliphatic carbocycles. The highest BCUT2D eigenvalue weighted by Gasteiger charge is 2.28. The van der Waals surface area contributed by atoms with Gasteiger partial charge in [0.2, 0.25) is 0 Å². The lowest BCUT2D eigenvalue weighted by atomic mass is 9.79. The number of fused-ring (bicyclic) bond motifs is 1. The zero-order chi connectivity index (χ0) is 23.7. The molecule has 3 N–H and O–H groups in total. The summed E-state index contributed by atoms with van der Waals surface area (Å²) in [4.78, 5) is 0. The van der Waals surface area contributed by atoms with Crippen LogP contribution in [-0.4, -0.2) is 41.6 Å². The quantitative estimate of drug-likeness (QED) is 0.350. The molecular weight excluding hydrogens is 429 g/mol. The molecule has 1 aliphatic rings. The molecule has 0 aliphatic heterocycles. The van der Waals surface area contributed by atoms with Crippen LogP contribution in [0.15, 0.2) is 60.7 Å². The summed E-state index contributed by atoms with van der Waals surface area (Å²) < 4.78 is 10.8. The van der Waals surface area contributed by atoms with Crippen molar-refractivity contribution in [2.24, 2.45) is 0 Å². The molecular formula is C26H26BN3O4. The smallest absolute Gasteiger partial charge is 0.488 e. The SMILES string of the molecule is COc1ccc(CNc2nnc(C3CC3)c3cc(-c4cccc(B(O)O)c4)ccc23)c(OC)c1. The number of aromatic nitrogens is 2. The van der Waals surface area contributed by atoms with Crippen LogP contribution in [0.1, 0.15) is 30.0 Å². The molecule has 0 spiro atoms. The number of benzene rings is 3. The average Bonchev–Trinajstić information content (AvgIpc) is 3.72. The minimum absolute atomic E-state index is 0.437. The van der Waals surface area contributed by atoms with Crippen LogP contribution in [0.5, 0.6) is 11.5 Å². The van der Waals surface area contributed by atoms with Crippen LogP contribution < -0.4 is 20.3 Å². The van der Waals surface area contributed by atoms with Gasteiger partial charge in [-0.3, -0.25) is 0 Å². The third kappa shape index (κ3) is 4.42. The van der Waals surface area contributed by atoms with Crippen molar-refractivity contribution in [3.63, 3.8) is 0 Å². The van der Waals surface area contributed by atoms with Crippen LogP contribution >= 0.6 is 0 Å². The van der Waals surface area contributed by atoms with Crippen molar-refractivity contribution in [1.29, 1.82) is 0 Å². The number of anilines is 1. The minimum atomic E-state index is -1.50. The van der Waals surface area contributed by atoms with Gasteiger partial charge in [0, 0.05) is 34.9 Å². The Kier molecular flexibility index (Phi) is 6.09. The van der Waals surface area contributed by atoms with E-state index in [-0.39, 0.29) is 0 Å². The predicted octanol–water partition coefficient (Wildman–Crippen LogP) is 3.48. The number of nitrogens with one attached hydrogen (secondary N) is 1. The van der Waals surface area contributed by atoms with E-state index in [1.54, 1.807) is 26.4 Å². The molecule has 8 heteroatoms. The highest BCUT2D eigenvalue weighted by Crippen LogP contribution is 2.43. The van der Waals surface area contributed by atoms with Crippen molar-refractivity contribution in [1.82, 2.24) is 10.2 Å². The Morgan fingerprint density at radius 3 is 2.47 bits per heavy atom. The fourth-order valence-corrected chi connectivity index (χ4v) is 4.20. The number of rotatable bonds is 8. The Hall–Kier alpha value is -3.62. The van der Waals surface area contributed by atoms with Gasteiger partial charge in [0.1, 0.15) is 11.5 Å². The molecule has 172 valence electrons. The molecule has 5 rings (SSSR count). The molecule has 0 saturated heterocycles. The van der Waals surface area contributed by atoms with Gasteiger partial charge in [-0.25, -0.2) is 0 Å². The second kappa shape index (κ2) is 9.33. The Morgan fingerprint density at radius 2 is 1.74 bits per heavy atom. The number of hydrogen-bond donors (Lipinski definition) is 3. The number of hydrogen-bond acceptors (Lipinski definition) is 7. The molecule has 0 atom stereocenters. The summed E-state index contributed by atoms with van der Waals surface area (Å²) >= 11 is 0. The Morgan fingerprint density at radius 1 is 0.912 bits per heavy atom. The number of nitrogens with zero attached hydrogens (tertiary/aromatic N) is 2. The van der Waals surface area contributed by atoms with Crippen LogP contribution in [0.3, 0.4) is 0 Å². The van der Waals surface area contributed by atoms with Gasteiger partial charge in [0.05, 0.1) is 19.9 Å². The standard InChI is InChI=1S/C26H26BN3O4/c1-33-21-10-8-19(24(14-21)34-2)15-28-26-22-11-9-18(17-4-3-5-20(12-17)27(31)32)13-23(22)25(29-30-26)16-6-7-16/h3-5,8-14,16,31-32H,6-7,15H2,1-2H3,(H,28,30). The topological polar surface area (TPSA) is 96.7 Å². The second-order valence-corrected chi connectivity index (χ2v) is 8.50. The lowest BCUT2D eigenvalue weighted by Gasteiger charge is -2.14. The first kappa shape index (κ1) is 22.2. The molecule has 1 saturated carbocycles. The molecule has 0 amide bonds. The van der Waals surface area contributed by atoms with Gasteiger partial charge in [-0.2, -0.15) is 5.10 Å². The first-order valence-corrected chi connectivity index (χ1v) is 11.3. The molecule has 34 heavy (non-hydrogen) atoms. The maximum absolute atomic E-state index is 9.56. The molecule has 7 nitrogen and oxygen atoms in total. The van der Waals surface area contributed by atoms with E-state index in [0.717, 1.165) is 57.5 Å². The third-order valence-corrected chi connectivity index (χ3v) is 6.23. The van der Waals surface area contributed by atoms with Gasteiger partial charge < -0.3 is 24.8 Å². The van der Waals surface area contributed by atoms with Crippen molar-refractivity contribution >= 4 is 29.2 Å². The van der Waals surface area contributed by atoms with Crippen molar-refractivity contribution < 1.29 is 19.5 Å². The Labute approximate surface area is 198 Å². The van der Waals surface area contributed by atoms with Crippen molar-refractivity contribution in [3.05, 3.63) is 71.9 Å². The lowest BCUT2D eigenvalue weighted by Crippen LogP contribution is -2.29. The fourth-order valence-electron chi connectivity index (χ4n) is 4.20. The molecule has 3 aromatic carbocycles. The maximum Gasteiger partial charge on any atom is 0.488 e. The maximum atomic E-state index is 9.56. The molecule has 0 bridgehead atoms. The summed E-state index contributed by atoms with van der Waals surface area (Å²) in [5, 5.41) is 33.7. The van der Waals surface area contributed by atoms with Gasteiger partial charge in [-0.1, -0.05) is 30.3 Å². The van der Waals surface area contributed by atoms with E-state index in [1.807, 2.05) is 36.4 Å². The molecule has 1 aromatic heterocycles. The van der Waals surface area contributed by atoms with Crippen LogP contribution in [0.2, 0.25) is 0 Å². The van der Waals surface area contributed by atoms with Crippen LogP contribution in [-0.2, 0) is 6.54 Å². The van der Waals surface area contributed by atoms with E-state index in [9.17, 15) is 10.0 Å². The first-order valence-electron chi connectivity index (χ1n) is 11.3. The Bertz CT molecular complexity index is 1340. The lowest BCUT2D eigenvalue weighted by molar-refractivity contribution is 0.391. The van der Waals surface area contributed by atoms with E-state index in [2.05, 4.69) is 27.6 Å². The van der Waals surface area contributed by atoms with E-state index >= 15 is 0 Å². The van der Waals surface area contributed by atoms with Crippen LogP contribution in [0.25, 0.3) is 21.9 Å². The molecule has 0 radical (unpaired) electrons. The normalized spacial score (nSPS) is 13.1. The van der Waals surface area contributed by atoms with E-state index < -0.39 is 7.12 Å². The fraction of sp³-hybridized carbons (Fsp3) is 0.231. The molecule has 1 heterocycles. The average molecular weight is 455 g/mol. The molecule has 1 fully saturated rings. The van der Waals surface area contributed by atoms with Gasteiger partial charge >= 0.3 is 7.12 Å². The van der Waals surface area contributed by atoms with Gasteiger partial charge in [0.15, 0.2) is 5.82 Å². The van der Waals surface area contributed by atoms with Crippen LogP contribution in [0.4, 0.5) is 5.82 Å². The van der Waals surface area contributed by atoms with E-state index in [0.29, 0.717) is 23.7 Å². The predicted molar refractivity (Wildman–Crippen MR) is 134 cm³/mol. The third-order valence-electron chi connectivity index (χ3n) is 6.23. The van der Waals surface area contributed by atoms with E-state index in [1.165, 1.54) is 0 Å². The molecule has 4 aromatic rings. The largest absolute Gasteiger partial charge is 0.497 e. The van der Waals surface area contributed by atoms with E-state index in [4.69, 9.17) is 9.47 Å². The van der Waals surface area contributed by atoms with Gasteiger partial charge in [-0.05, 0) is 53.7 Å². The summed E-state index contributed by atoms with van der Waals surface area (Å²) in [7, 11) is 1.77. The summed E-state index contributed by atoms with van der Waals surface area (Å²) in [5.74, 6) is 2.63. The summed E-state index contributed by atoms with van der Waals surface area (Å²) in [6.07, 6.45) is 2.24. The summed E-state index contributed by atoms with van der Waals surface area (Å²) in [6.45, 7) is 0.526. The molecule has 0 unspecified atom stereocenters. The minimum Gasteiger partial charge on any atom is -0.497 e. The number of ether oxygens (including phenoxy) is 2. The Balaban J connectivity index is 1.51. The van der Waals surface area contributed by atoms with Crippen molar-refractivity contribution in [3.8, 4) is 22.6 Å². The zero-order valence-electron chi connectivity index (χ0n) is 19.2. The summed E-state index contributed by atoms with van der Waals surface area (Å²) in [6, 6.07) is 19.2. The van der Waals surface area contributed by atoms with Crippen molar-refractivity contribution in [2.75, 3.05) is 19.5 Å². The monoisotopic (exact) mass is 455 g/mol. The number of methoxy groups -OCH3 is 2. The van der Waals surface area contributed by atoms with Gasteiger partial charge in [0.25, 0.3) is 0 Å². The van der Waals surface area contributed by atoms with Gasteiger partial charge in [-0.15, -0.1) is 5.10 Å². The highest BCUT2D eigenvalue weighted by molar-refractivity contribution is 6.58. The first-order chi connectivity index (χ1) is 16.6.